The van der Waals surface area contributed by atoms with Crippen LogP contribution in [0.15, 0.2) is 0 Å². The molecule has 0 saturated heterocycles. The van der Waals surface area contributed by atoms with E-state index in [4.69, 9.17) is 25.3 Å². The molecule has 0 aliphatic rings. The normalized spacial score (nSPS) is 13.4. The van der Waals surface area contributed by atoms with Crippen molar-refractivity contribution >= 4 is 58.7 Å². The first kappa shape index (κ1) is 18.3. The first-order valence-electron chi connectivity index (χ1n) is 2.78. The second-order valence-electron chi connectivity index (χ2n) is 1.83. The van der Waals surface area contributed by atoms with E-state index in [2.05, 4.69) is 0 Å². The van der Waals surface area contributed by atoms with Crippen molar-refractivity contribution in [2.24, 2.45) is 0 Å². The number of rotatable bonds is 1. The van der Waals surface area contributed by atoms with Gasteiger partial charge in [0.05, 0.1) is 12.2 Å². The third-order valence-corrected chi connectivity index (χ3v) is 0.698. The van der Waals surface area contributed by atoms with Gasteiger partial charge < -0.3 is 25.3 Å². The predicted molar refractivity (Wildman–Crippen MR) is 42.9 cm³/mol. The summed E-state index contributed by atoms with van der Waals surface area (Å²) in [6.45, 7) is 3.09. The zero-order valence-corrected chi connectivity index (χ0v) is 5.97. The van der Waals surface area contributed by atoms with E-state index in [1.165, 1.54) is 0 Å². The van der Waals surface area contributed by atoms with E-state index >= 15 is 0 Å². The Hall–Kier alpha value is 1.50. The summed E-state index contributed by atoms with van der Waals surface area (Å²) in [5.41, 5.74) is 0. The Morgan fingerprint density at radius 1 is 0.909 bits per heavy atom. The van der Waals surface area contributed by atoms with Crippen LogP contribution in [0.3, 0.4) is 0 Å². The van der Waals surface area contributed by atoms with Gasteiger partial charge >= 0.3 is 58.7 Å². The summed E-state index contributed by atoms with van der Waals surface area (Å²) >= 11 is 0. The van der Waals surface area contributed by atoms with E-state index in [1.54, 1.807) is 13.8 Å². The average Bonchev–Trinajstić information content (AvgIpc) is 1.63. The Bertz CT molecular complexity index is 60.7. The van der Waals surface area contributed by atoms with E-state index in [-0.39, 0.29) is 51.4 Å². The average molecular weight is 192 g/mol. The molecule has 0 radical (unpaired) electrons. The molecule has 0 fully saturated rings. The minimum absolute atomic E-state index is 0. The summed E-state index contributed by atoms with van der Waals surface area (Å²) in [7, 11) is -2.17. The summed E-state index contributed by atoms with van der Waals surface area (Å²) in [4.78, 5) is 0. The van der Waals surface area contributed by atoms with Crippen molar-refractivity contribution in [1.82, 2.24) is 0 Å². The topological polar surface area (TPSA) is 101 Å². The van der Waals surface area contributed by atoms with Gasteiger partial charge in [-0.2, -0.15) is 0 Å². The zero-order chi connectivity index (χ0) is 8.73. The summed E-state index contributed by atoms with van der Waals surface area (Å²) in [5.74, 6) is 0. The zero-order valence-electron chi connectivity index (χ0n) is 5.97. The van der Waals surface area contributed by atoms with E-state index in [0.717, 1.165) is 0 Å². The van der Waals surface area contributed by atoms with Crippen LogP contribution in [0.1, 0.15) is 13.8 Å². The standard InChI is InChI=1S/C4H10O2.BH3O3.K.H/c1-3(5)4(2)6;2-1(3)4;;/h3-6H,1-2H3;2-4H;;. The quantitative estimate of drug-likeness (QED) is 0.286. The van der Waals surface area contributed by atoms with Gasteiger partial charge in [-0.1, -0.05) is 0 Å². The summed E-state index contributed by atoms with van der Waals surface area (Å²) in [6.07, 6.45) is -1.19. The van der Waals surface area contributed by atoms with Crippen LogP contribution < -0.4 is 0 Å². The van der Waals surface area contributed by atoms with Gasteiger partial charge in [-0.25, -0.2) is 0 Å². The Morgan fingerprint density at radius 3 is 1.00 bits per heavy atom. The molecule has 0 aromatic carbocycles. The second-order valence-corrected chi connectivity index (χ2v) is 1.83. The van der Waals surface area contributed by atoms with E-state index < -0.39 is 19.5 Å². The predicted octanol–water partition coefficient (Wildman–Crippen LogP) is -2.95. The van der Waals surface area contributed by atoms with Gasteiger partial charge in [-0.3, -0.25) is 0 Å². The van der Waals surface area contributed by atoms with Crippen molar-refractivity contribution in [3.8, 4) is 0 Å². The van der Waals surface area contributed by atoms with Crippen molar-refractivity contribution < 1.29 is 25.3 Å². The second kappa shape index (κ2) is 11.5. The summed E-state index contributed by atoms with van der Waals surface area (Å²) in [5, 5.41) is 38.3. The molecule has 5 nitrogen and oxygen atoms in total. The van der Waals surface area contributed by atoms with Crippen LogP contribution >= 0.6 is 0 Å². The monoisotopic (exact) mass is 192 g/mol. The summed E-state index contributed by atoms with van der Waals surface area (Å²) in [6, 6.07) is 0. The van der Waals surface area contributed by atoms with Gasteiger partial charge in [0.15, 0.2) is 0 Å². The van der Waals surface area contributed by atoms with Crippen molar-refractivity contribution in [2.45, 2.75) is 26.1 Å². The van der Waals surface area contributed by atoms with Crippen molar-refractivity contribution in [1.29, 1.82) is 0 Å². The van der Waals surface area contributed by atoms with E-state index in [1.807, 2.05) is 0 Å². The number of aliphatic hydroxyl groups is 2. The number of hydrogen-bond acceptors (Lipinski definition) is 5. The van der Waals surface area contributed by atoms with E-state index in [9.17, 15) is 0 Å². The van der Waals surface area contributed by atoms with Gasteiger partial charge in [0.25, 0.3) is 0 Å². The molecule has 2 unspecified atom stereocenters. The van der Waals surface area contributed by atoms with Crippen molar-refractivity contribution in [3.63, 3.8) is 0 Å². The fraction of sp³-hybridized carbons (Fsp3) is 1.00. The third kappa shape index (κ3) is 34.3. The van der Waals surface area contributed by atoms with Crippen LogP contribution in [-0.2, 0) is 0 Å². The van der Waals surface area contributed by atoms with Crippen LogP contribution in [0.5, 0.6) is 0 Å². The van der Waals surface area contributed by atoms with Crippen LogP contribution in [-0.4, -0.2) is 96.2 Å². The number of aliphatic hydroxyl groups excluding tert-OH is 2. The molecule has 11 heavy (non-hydrogen) atoms. The van der Waals surface area contributed by atoms with Crippen molar-refractivity contribution in [2.75, 3.05) is 0 Å². The molecule has 0 rings (SSSR count). The molecule has 5 N–H and O–H groups in total. The van der Waals surface area contributed by atoms with Crippen molar-refractivity contribution in [3.05, 3.63) is 0 Å². The molecule has 0 heterocycles. The molecule has 0 aromatic rings. The molecule has 7 heteroatoms. The SMILES string of the molecule is CC(O)C(C)O.OB(O)O.[KH]. The maximum absolute atomic E-state index is 8.38. The van der Waals surface area contributed by atoms with Crippen LogP contribution in [0.2, 0.25) is 0 Å². The molecule has 0 bridgehead atoms. The summed E-state index contributed by atoms with van der Waals surface area (Å²) < 4.78 is 0. The van der Waals surface area contributed by atoms with Gasteiger partial charge in [0, 0.05) is 0 Å². The van der Waals surface area contributed by atoms with E-state index in [0.29, 0.717) is 0 Å². The van der Waals surface area contributed by atoms with Gasteiger partial charge in [0.2, 0.25) is 0 Å². The van der Waals surface area contributed by atoms with Gasteiger partial charge in [-0.05, 0) is 13.8 Å². The maximum atomic E-state index is 8.38. The first-order chi connectivity index (χ1) is 4.37. The molecule has 0 aliphatic heterocycles. The van der Waals surface area contributed by atoms with Gasteiger partial charge in [-0.15, -0.1) is 0 Å². The molecular formula is C4H14BKO5. The molecule has 0 saturated carbocycles. The fourth-order valence-electron chi connectivity index (χ4n) is 0. The molecule has 2 atom stereocenters. The van der Waals surface area contributed by atoms with Crippen LogP contribution in [0.25, 0.3) is 0 Å². The van der Waals surface area contributed by atoms with Crippen LogP contribution in [0.4, 0.5) is 0 Å². The molecular weight excluding hydrogens is 178 g/mol. The molecule has 0 spiro atoms. The Balaban J connectivity index is -0.000000114. The third-order valence-electron chi connectivity index (χ3n) is 0.698. The Labute approximate surface area is 109 Å². The molecule has 64 valence electrons. The van der Waals surface area contributed by atoms with Crippen LogP contribution in [0, 0.1) is 0 Å². The first-order valence-corrected chi connectivity index (χ1v) is 2.78. The minimum atomic E-state index is -2.17. The Morgan fingerprint density at radius 2 is 1.00 bits per heavy atom. The Kier molecular flexibility index (Phi) is 19.2. The molecule has 0 aromatic heterocycles. The molecule has 0 amide bonds. The fourth-order valence-corrected chi connectivity index (χ4v) is 0. The molecule has 0 aliphatic carbocycles. The van der Waals surface area contributed by atoms with Gasteiger partial charge in [0.1, 0.15) is 0 Å². The number of hydrogen-bond donors (Lipinski definition) is 5.